The van der Waals surface area contributed by atoms with Crippen LogP contribution in [0, 0.1) is 0 Å². The average molecular weight is 179 g/mol. The Balaban J connectivity index is 2.78. The molecule has 1 aromatic rings. The highest BCUT2D eigenvalue weighted by molar-refractivity contribution is 5.29. The van der Waals surface area contributed by atoms with E-state index in [9.17, 15) is 5.11 Å². The molecular weight excluding hydrogens is 162 g/mol. The van der Waals surface area contributed by atoms with E-state index in [0.29, 0.717) is 11.8 Å². The van der Waals surface area contributed by atoms with Crippen molar-refractivity contribution in [3.8, 4) is 5.75 Å². The van der Waals surface area contributed by atoms with Crippen LogP contribution in [0.25, 0.3) is 0 Å². The highest BCUT2D eigenvalue weighted by Crippen LogP contribution is 2.20. The number of aromatic hydroxyl groups is 1. The van der Waals surface area contributed by atoms with Gasteiger partial charge in [-0.15, -0.1) is 0 Å². The molecule has 1 unspecified atom stereocenters. The first-order valence-electron chi connectivity index (χ1n) is 4.80. The molecule has 0 heterocycles. The Bertz CT molecular complexity index is 260. The van der Waals surface area contributed by atoms with E-state index in [0.717, 1.165) is 18.5 Å². The number of phenolic OH excluding ortho intramolecular Hbond substituents is 1. The molecule has 0 spiro atoms. The molecule has 2 nitrogen and oxygen atoms in total. The molecule has 0 aliphatic carbocycles. The Hall–Kier alpha value is -1.02. The van der Waals surface area contributed by atoms with Gasteiger partial charge in [0.1, 0.15) is 5.75 Å². The molecule has 0 radical (unpaired) electrons. The van der Waals surface area contributed by atoms with Gasteiger partial charge in [0.15, 0.2) is 0 Å². The van der Waals surface area contributed by atoms with Crippen LogP contribution in [-0.2, 0) is 0 Å². The third kappa shape index (κ3) is 2.74. The molecule has 2 N–H and O–H groups in total. The van der Waals surface area contributed by atoms with Crippen LogP contribution in [0.15, 0.2) is 24.3 Å². The maximum atomic E-state index is 9.30. The first-order valence-corrected chi connectivity index (χ1v) is 4.80. The number of benzene rings is 1. The minimum Gasteiger partial charge on any atom is -0.508 e. The summed E-state index contributed by atoms with van der Waals surface area (Å²) in [4.78, 5) is 0. The first kappa shape index (κ1) is 10.1. The number of phenols is 1. The molecular formula is C11H17NO. The Morgan fingerprint density at radius 3 is 2.69 bits per heavy atom. The van der Waals surface area contributed by atoms with Gasteiger partial charge in [0.25, 0.3) is 0 Å². The second kappa shape index (κ2) is 4.87. The van der Waals surface area contributed by atoms with Gasteiger partial charge in [-0.1, -0.05) is 26.0 Å². The van der Waals surface area contributed by atoms with Crippen molar-refractivity contribution in [2.45, 2.75) is 26.3 Å². The van der Waals surface area contributed by atoms with Crippen LogP contribution in [-0.4, -0.2) is 11.7 Å². The Morgan fingerprint density at radius 2 is 2.15 bits per heavy atom. The quantitative estimate of drug-likeness (QED) is 0.744. The van der Waals surface area contributed by atoms with E-state index < -0.39 is 0 Å². The normalized spacial score (nSPS) is 12.8. The third-order valence-corrected chi connectivity index (χ3v) is 2.13. The lowest BCUT2D eigenvalue weighted by Gasteiger charge is -2.16. The van der Waals surface area contributed by atoms with E-state index in [1.54, 1.807) is 6.07 Å². The monoisotopic (exact) mass is 179 g/mol. The second-order valence-electron chi connectivity index (χ2n) is 3.11. The van der Waals surface area contributed by atoms with E-state index >= 15 is 0 Å². The first-order chi connectivity index (χ1) is 6.27. The van der Waals surface area contributed by atoms with E-state index in [2.05, 4.69) is 19.2 Å². The van der Waals surface area contributed by atoms with Crippen LogP contribution in [0.4, 0.5) is 0 Å². The maximum Gasteiger partial charge on any atom is 0.115 e. The number of hydrogen-bond acceptors (Lipinski definition) is 2. The molecule has 1 rings (SSSR count). The smallest absolute Gasteiger partial charge is 0.115 e. The highest BCUT2D eigenvalue weighted by atomic mass is 16.3. The summed E-state index contributed by atoms with van der Waals surface area (Å²) in [6.45, 7) is 5.18. The van der Waals surface area contributed by atoms with Gasteiger partial charge in [-0.3, -0.25) is 0 Å². The maximum absolute atomic E-state index is 9.30. The molecule has 0 bridgehead atoms. The van der Waals surface area contributed by atoms with Gasteiger partial charge >= 0.3 is 0 Å². The van der Waals surface area contributed by atoms with Gasteiger partial charge < -0.3 is 10.4 Å². The topological polar surface area (TPSA) is 32.3 Å². The van der Waals surface area contributed by atoms with Gasteiger partial charge in [0.05, 0.1) is 0 Å². The Kier molecular flexibility index (Phi) is 3.77. The summed E-state index contributed by atoms with van der Waals surface area (Å²) in [5.74, 6) is 0.342. The van der Waals surface area contributed by atoms with E-state index in [4.69, 9.17) is 0 Å². The summed E-state index contributed by atoms with van der Waals surface area (Å²) in [6, 6.07) is 7.79. The van der Waals surface area contributed by atoms with Crippen LogP contribution in [0.5, 0.6) is 5.75 Å². The lowest BCUT2D eigenvalue weighted by molar-refractivity contribution is 0.470. The average Bonchev–Trinajstić information content (AvgIpc) is 2.14. The molecule has 0 amide bonds. The fraction of sp³-hybridized carbons (Fsp3) is 0.455. The van der Waals surface area contributed by atoms with Crippen LogP contribution in [0.1, 0.15) is 31.9 Å². The standard InChI is InChI=1S/C11H17NO/c1-3-11(12-4-2)9-6-5-7-10(13)8-9/h5-8,11-13H,3-4H2,1-2H3. The molecule has 1 aromatic carbocycles. The van der Waals surface area contributed by atoms with Crippen LogP contribution in [0.2, 0.25) is 0 Å². The number of nitrogens with one attached hydrogen (secondary N) is 1. The van der Waals surface area contributed by atoms with E-state index in [-0.39, 0.29) is 0 Å². The number of hydrogen-bond donors (Lipinski definition) is 2. The molecule has 0 aliphatic rings. The second-order valence-corrected chi connectivity index (χ2v) is 3.11. The van der Waals surface area contributed by atoms with Gasteiger partial charge in [-0.05, 0) is 30.7 Å². The predicted octanol–water partition coefficient (Wildman–Crippen LogP) is 2.45. The van der Waals surface area contributed by atoms with Crippen molar-refractivity contribution in [3.05, 3.63) is 29.8 Å². The van der Waals surface area contributed by atoms with Crippen molar-refractivity contribution in [2.24, 2.45) is 0 Å². The van der Waals surface area contributed by atoms with Gasteiger partial charge in [0, 0.05) is 6.04 Å². The molecule has 0 saturated carbocycles. The minimum atomic E-state index is 0.342. The Labute approximate surface area is 79.6 Å². The van der Waals surface area contributed by atoms with Crippen molar-refractivity contribution in [2.75, 3.05) is 6.54 Å². The van der Waals surface area contributed by atoms with E-state index in [1.165, 1.54) is 0 Å². The molecule has 72 valence electrons. The fourth-order valence-electron chi connectivity index (χ4n) is 1.49. The third-order valence-electron chi connectivity index (χ3n) is 2.13. The summed E-state index contributed by atoms with van der Waals surface area (Å²) in [5.41, 5.74) is 1.16. The van der Waals surface area contributed by atoms with Gasteiger partial charge in [0.2, 0.25) is 0 Å². The molecule has 0 aliphatic heterocycles. The van der Waals surface area contributed by atoms with Crippen LogP contribution in [0.3, 0.4) is 0 Å². The van der Waals surface area contributed by atoms with E-state index in [1.807, 2.05) is 18.2 Å². The predicted molar refractivity (Wildman–Crippen MR) is 54.8 cm³/mol. The fourth-order valence-corrected chi connectivity index (χ4v) is 1.49. The number of rotatable bonds is 4. The van der Waals surface area contributed by atoms with Crippen LogP contribution < -0.4 is 5.32 Å². The molecule has 13 heavy (non-hydrogen) atoms. The minimum absolute atomic E-state index is 0.342. The summed E-state index contributed by atoms with van der Waals surface area (Å²) >= 11 is 0. The summed E-state index contributed by atoms with van der Waals surface area (Å²) < 4.78 is 0. The molecule has 0 fully saturated rings. The largest absolute Gasteiger partial charge is 0.508 e. The molecule has 0 aromatic heterocycles. The van der Waals surface area contributed by atoms with Crippen molar-refractivity contribution in [3.63, 3.8) is 0 Å². The summed E-state index contributed by atoms with van der Waals surface area (Å²) in [5, 5.41) is 12.7. The molecule has 2 heteroatoms. The van der Waals surface area contributed by atoms with Crippen molar-refractivity contribution in [1.29, 1.82) is 0 Å². The zero-order valence-corrected chi connectivity index (χ0v) is 8.25. The highest BCUT2D eigenvalue weighted by Gasteiger charge is 2.06. The SMILES string of the molecule is CCNC(CC)c1cccc(O)c1. The van der Waals surface area contributed by atoms with Crippen LogP contribution >= 0.6 is 0 Å². The lowest BCUT2D eigenvalue weighted by Crippen LogP contribution is -2.19. The Morgan fingerprint density at radius 1 is 1.38 bits per heavy atom. The van der Waals surface area contributed by atoms with Crippen molar-refractivity contribution in [1.82, 2.24) is 5.32 Å². The zero-order chi connectivity index (χ0) is 9.68. The molecule has 0 saturated heterocycles. The lowest BCUT2D eigenvalue weighted by atomic mass is 10.0. The summed E-state index contributed by atoms with van der Waals surface area (Å²) in [6.07, 6.45) is 1.04. The summed E-state index contributed by atoms with van der Waals surface area (Å²) in [7, 11) is 0. The van der Waals surface area contributed by atoms with Crippen molar-refractivity contribution < 1.29 is 5.11 Å². The van der Waals surface area contributed by atoms with Gasteiger partial charge in [-0.25, -0.2) is 0 Å². The van der Waals surface area contributed by atoms with Gasteiger partial charge in [-0.2, -0.15) is 0 Å². The molecule has 1 atom stereocenters. The van der Waals surface area contributed by atoms with Crippen molar-refractivity contribution >= 4 is 0 Å². The zero-order valence-electron chi connectivity index (χ0n) is 8.25.